The number of anilines is 1. The molecule has 0 spiro atoms. The minimum absolute atomic E-state index is 0.0317. The zero-order valence-electron chi connectivity index (χ0n) is 13.8. The highest BCUT2D eigenvalue weighted by Crippen LogP contribution is 2.32. The van der Waals surface area contributed by atoms with E-state index in [-0.39, 0.29) is 21.4 Å². The van der Waals surface area contributed by atoms with Crippen LogP contribution in [-0.2, 0) is 4.74 Å². The van der Waals surface area contributed by atoms with E-state index in [1.165, 1.54) is 12.1 Å². The minimum Gasteiger partial charge on any atom is -0.478 e. The van der Waals surface area contributed by atoms with Gasteiger partial charge in [0.25, 0.3) is 0 Å². The van der Waals surface area contributed by atoms with Gasteiger partial charge in [0.1, 0.15) is 11.4 Å². The summed E-state index contributed by atoms with van der Waals surface area (Å²) >= 11 is 12.0. The van der Waals surface area contributed by atoms with E-state index < -0.39 is 17.7 Å². The van der Waals surface area contributed by atoms with Crippen molar-refractivity contribution in [1.82, 2.24) is 4.98 Å². The lowest BCUT2D eigenvalue weighted by atomic mass is 10.1. The summed E-state index contributed by atoms with van der Waals surface area (Å²) in [4.78, 5) is 27.3. The van der Waals surface area contributed by atoms with Gasteiger partial charge in [0.05, 0.1) is 21.3 Å². The number of ether oxygens (including phenoxy) is 1. The van der Waals surface area contributed by atoms with Gasteiger partial charge in [-0.05, 0) is 45.0 Å². The van der Waals surface area contributed by atoms with E-state index >= 15 is 0 Å². The molecule has 2 N–H and O–H groups in total. The van der Waals surface area contributed by atoms with Crippen LogP contribution >= 0.6 is 23.2 Å². The molecule has 2 aromatic rings. The van der Waals surface area contributed by atoms with Crippen LogP contribution in [0, 0.1) is 0 Å². The van der Waals surface area contributed by atoms with Crippen molar-refractivity contribution < 1.29 is 19.4 Å². The predicted molar refractivity (Wildman–Crippen MR) is 96.5 cm³/mol. The first-order valence-corrected chi connectivity index (χ1v) is 8.02. The number of hydrogen-bond acceptors (Lipinski definition) is 4. The molecular formula is C17H16Cl2N2O4. The van der Waals surface area contributed by atoms with E-state index in [0.29, 0.717) is 11.3 Å². The molecule has 0 saturated heterocycles. The molecule has 0 aliphatic heterocycles. The first kappa shape index (κ1) is 19.0. The molecule has 0 unspecified atom stereocenters. The molecule has 132 valence electrons. The second-order valence-corrected chi connectivity index (χ2v) is 6.97. The first-order chi connectivity index (χ1) is 11.6. The van der Waals surface area contributed by atoms with Crippen LogP contribution < -0.4 is 5.32 Å². The summed E-state index contributed by atoms with van der Waals surface area (Å²) in [5, 5.41) is 12.0. The van der Waals surface area contributed by atoms with Gasteiger partial charge in [0, 0.05) is 5.56 Å². The number of amides is 1. The largest absolute Gasteiger partial charge is 0.478 e. The molecule has 1 heterocycles. The van der Waals surface area contributed by atoms with E-state index in [9.17, 15) is 14.7 Å². The Morgan fingerprint density at radius 2 is 1.84 bits per heavy atom. The molecule has 25 heavy (non-hydrogen) atoms. The van der Waals surface area contributed by atoms with Crippen LogP contribution in [0.2, 0.25) is 10.0 Å². The van der Waals surface area contributed by atoms with Crippen LogP contribution in [0.5, 0.6) is 0 Å². The fraction of sp³-hybridized carbons (Fsp3) is 0.235. The number of carbonyl (C=O) groups is 2. The summed E-state index contributed by atoms with van der Waals surface area (Å²) in [7, 11) is 0. The molecule has 8 heteroatoms. The number of aromatic carboxylic acids is 1. The van der Waals surface area contributed by atoms with E-state index in [4.69, 9.17) is 27.9 Å². The molecule has 2 rings (SSSR count). The summed E-state index contributed by atoms with van der Waals surface area (Å²) in [5.41, 5.74) is 0.0415. The number of halogens is 2. The third-order valence-corrected chi connectivity index (χ3v) is 3.57. The number of carbonyl (C=O) groups excluding carboxylic acids is 1. The number of carboxylic acid groups (broad SMARTS) is 1. The van der Waals surface area contributed by atoms with E-state index in [1.54, 1.807) is 39.0 Å². The van der Waals surface area contributed by atoms with Crippen LogP contribution in [0.1, 0.15) is 31.1 Å². The van der Waals surface area contributed by atoms with Crippen molar-refractivity contribution in [1.29, 1.82) is 0 Å². The highest BCUT2D eigenvalue weighted by atomic mass is 35.5. The van der Waals surface area contributed by atoms with Crippen molar-refractivity contribution in [3.05, 3.63) is 45.9 Å². The average Bonchev–Trinajstić information content (AvgIpc) is 2.44. The Morgan fingerprint density at radius 1 is 1.16 bits per heavy atom. The highest BCUT2D eigenvalue weighted by molar-refractivity contribution is 6.38. The van der Waals surface area contributed by atoms with Gasteiger partial charge in [0.2, 0.25) is 0 Å². The summed E-state index contributed by atoms with van der Waals surface area (Å²) in [6.45, 7) is 5.24. The number of rotatable bonds is 3. The third-order valence-electron chi connectivity index (χ3n) is 2.94. The molecule has 0 aliphatic carbocycles. The molecule has 0 aliphatic rings. The topological polar surface area (TPSA) is 88.5 Å². The van der Waals surface area contributed by atoms with Crippen LogP contribution in [0.15, 0.2) is 30.3 Å². The lowest BCUT2D eigenvalue weighted by Gasteiger charge is -2.19. The van der Waals surface area contributed by atoms with Crippen LogP contribution in [0.4, 0.5) is 10.6 Å². The molecule has 6 nitrogen and oxygen atoms in total. The zero-order valence-corrected chi connectivity index (χ0v) is 15.3. The van der Waals surface area contributed by atoms with Gasteiger partial charge in [-0.25, -0.2) is 14.6 Å². The van der Waals surface area contributed by atoms with Gasteiger partial charge < -0.3 is 9.84 Å². The normalized spacial score (nSPS) is 11.1. The maximum atomic E-state index is 11.8. The number of aromatic nitrogens is 1. The molecule has 0 atom stereocenters. The van der Waals surface area contributed by atoms with Crippen molar-refractivity contribution in [2.24, 2.45) is 0 Å². The van der Waals surface area contributed by atoms with Crippen molar-refractivity contribution in [3.63, 3.8) is 0 Å². The maximum Gasteiger partial charge on any atom is 0.413 e. The minimum atomic E-state index is -1.18. The Morgan fingerprint density at radius 3 is 2.44 bits per heavy atom. The summed E-state index contributed by atoms with van der Waals surface area (Å²) < 4.78 is 5.17. The molecule has 0 saturated carbocycles. The summed E-state index contributed by atoms with van der Waals surface area (Å²) in [6.07, 6.45) is -0.648. The van der Waals surface area contributed by atoms with Crippen molar-refractivity contribution in [2.75, 3.05) is 5.32 Å². The smallest absolute Gasteiger partial charge is 0.413 e. The van der Waals surface area contributed by atoms with Gasteiger partial charge in [-0.15, -0.1) is 0 Å². The Balaban J connectivity index is 2.35. The molecule has 1 aromatic heterocycles. The van der Waals surface area contributed by atoms with Gasteiger partial charge in [0.15, 0.2) is 0 Å². The summed E-state index contributed by atoms with van der Waals surface area (Å²) in [6, 6.07) is 7.56. The van der Waals surface area contributed by atoms with Crippen LogP contribution in [0.3, 0.4) is 0 Å². The third kappa shape index (κ3) is 5.08. The number of pyridine rings is 1. The van der Waals surface area contributed by atoms with Crippen LogP contribution in [0.25, 0.3) is 11.3 Å². The SMILES string of the molecule is CC(C)(C)OC(=O)Nc1cccc(-c2cc(C(=O)O)c(Cl)cc2Cl)n1. The fourth-order valence-electron chi connectivity index (χ4n) is 1.97. The van der Waals surface area contributed by atoms with Gasteiger partial charge in [-0.2, -0.15) is 0 Å². The van der Waals surface area contributed by atoms with Crippen molar-refractivity contribution >= 4 is 41.1 Å². The van der Waals surface area contributed by atoms with E-state index in [1.807, 2.05) is 0 Å². The Kier molecular flexibility index (Phi) is 5.55. The van der Waals surface area contributed by atoms with Crippen molar-refractivity contribution in [2.45, 2.75) is 26.4 Å². The number of carboxylic acids is 1. The molecule has 1 amide bonds. The summed E-state index contributed by atoms with van der Waals surface area (Å²) in [5.74, 6) is -0.930. The second kappa shape index (κ2) is 7.29. The molecule has 1 aromatic carbocycles. The number of benzene rings is 1. The maximum absolute atomic E-state index is 11.8. The Hall–Kier alpha value is -2.31. The van der Waals surface area contributed by atoms with E-state index in [2.05, 4.69) is 10.3 Å². The van der Waals surface area contributed by atoms with Gasteiger partial charge in [-0.3, -0.25) is 5.32 Å². The molecule has 0 fully saturated rings. The quantitative estimate of drug-likeness (QED) is 0.770. The Labute approximate surface area is 154 Å². The lowest BCUT2D eigenvalue weighted by molar-refractivity contribution is 0.0633. The molecule has 0 bridgehead atoms. The predicted octanol–water partition coefficient (Wildman–Crippen LogP) is 5.10. The van der Waals surface area contributed by atoms with Gasteiger partial charge >= 0.3 is 12.1 Å². The van der Waals surface area contributed by atoms with E-state index in [0.717, 1.165) is 0 Å². The molecule has 0 radical (unpaired) electrons. The highest BCUT2D eigenvalue weighted by Gasteiger charge is 2.18. The zero-order chi connectivity index (χ0) is 18.8. The Bertz CT molecular complexity index is 832. The molecular weight excluding hydrogens is 367 g/mol. The average molecular weight is 383 g/mol. The van der Waals surface area contributed by atoms with Crippen LogP contribution in [-0.4, -0.2) is 27.8 Å². The lowest BCUT2D eigenvalue weighted by Crippen LogP contribution is -2.27. The number of nitrogens with zero attached hydrogens (tertiary/aromatic N) is 1. The second-order valence-electron chi connectivity index (χ2n) is 6.15. The number of nitrogens with one attached hydrogen (secondary N) is 1. The fourth-order valence-corrected chi connectivity index (χ4v) is 2.53. The first-order valence-electron chi connectivity index (χ1n) is 7.26. The van der Waals surface area contributed by atoms with Crippen molar-refractivity contribution in [3.8, 4) is 11.3 Å². The number of hydrogen-bond donors (Lipinski definition) is 2. The standard InChI is InChI=1S/C17H16Cl2N2O4/c1-17(2,3)25-16(24)21-14-6-4-5-13(20-14)9-7-10(15(22)23)12(19)8-11(9)18/h4-8H,1-3H3,(H,22,23)(H,20,21,24). The monoisotopic (exact) mass is 382 g/mol. The van der Waals surface area contributed by atoms with Gasteiger partial charge in [-0.1, -0.05) is 29.3 Å².